The average Bonchev–Trinajstić information content (AvgIpc) is 1.65. The van der Waals surface area contributed by atoms with E-state index < -0.39 is 17.4 Å². The maximum absolute atomic E-state index is 10.1. The Morgan fingerprint density at radius 2 is 1.40 bits per heavy atom. The first-order chi connectivity index (χ1) is 3.89. The van der Waals surface area contributed by atoms with Crippen LogP contribution in [0.3, 0.4) is 0 Å². The molecule has 10 heavy (non-hydrogen) atoms. The average molecular weight is 271 g/mol. The zero-order valence-corrected chi connectivity index (χ0v) is 10.4. The second kappa shape index (κ2) is 4.40. The largest absolute Gasteiger partial charge is 2.00 e. The molecule has 0 heterocycles. The molecule has 0 rings (SSSR count). The minimum absolute atomic E-state index is 0. The Hall–Kier alpha value is 0.511. The van der Waals surface area contributed by atoms with E-state index in [2.05, 4.69) is 0 Å². The van der Waals surface area contributed by atoms with Crippen LogP contribution in [0.15, 0.2) is 0 Å². The minimum atomic E-state index is -1.67. The van der Waals surface area contributed by atoms with E-state index in [1.165, 1.54) is 0 Å². The van der Waals surface area contributed by atoms with Crippen LogP contribution in [-0.4, -0.2) is 71.0 Å². The molecular formula is C5H10BaO4. The molecule has 5 heteroatoms. The first-order valence-corrected chi connectivity index (χ1v) is 2.36. The molecule has 0 amide bonds. The van der Waals surface area contributed by atoms with Gasteiger partial charge in [-0.2, -0.15) is 0 Å². The predicted octanol–water partition coefficient (Wildman–Crippen LogP) is 0.0260. The van der Waals surface area contributed by atoms with Gasteiger partial charge in [-0.25, -0.2) is 0 Å². The van der Waals surface area contributed by atoms with Crippen molar-refractivity contribution in [2.45, 2.75) is 13.8 Å². The second-order valence-corrected chi connectivity index (χ2v) is 2.24. The van der Waals surface area contributed by atoms with Gasteiger partial charge in [0.15, 0.2) is 5.41 Å². The number of carboxylic acids is 2. The summed E-state index contributed by atoms with van der Waals surface area (Å²) in [5, 5.41) is 16.5. The van der Waals surface area contributed by atoms with Crippen LogP contribution in [0.2, 0.25) is 0 Å². The first kappa shape index (κ1) is 13.1. The van der Waals surface area contributed by atoms with Crippen LogP contribution in [0.5, 0.6) is 0 Å². The molecule has 0 aromatic heterocycles. The molecule has 0 saturated heterocycles. The fourth-order valence-corrected chi connectivity index (χ4v) is 0.0915. The Morgan fingerprint density at radius 1 is 1.20 bits per heavy atom. The maximum Gasteiger partial charge on any atom is 2.00 e. The summed E-state index contributed by atoms with van der Waals surface area (Å²) in [7, 11) is 0. The van der Waals surface area contributed by atoms with E-state index in [9.17, 15) is 9.59 Å². The Bertz CT molecular complexity index is 144. The van der Waals surface area contributed by atoms with Crippen molar-refractivity contribution in [1.82, 2.24) is 0 Å². The monoisotopic (exact) mass is 272 g/mol. The van der Waals surface area contributed by atoms with Gasteiger partial charge in [-0.1, -0.05) is 0 Å². The molecule has 0 atom stereocenters. The molecule has 0 aliphatic heterocycles. The van der Waals surface area contributed by atoms with Gasteiger partial charge < -0.3 is 13.1 Å². The fraction of sp³-hybridized carbons (Fsp3) is 0.600. The number of aliphatic carboxylic acids is 2. The number of hydrogen-bond acceptors (Lipinski definition) is 2. The summed E-state index contributed by atoms with van der Waals surface area (Å²) in [5.74, 6) is -2.65. The number of rotatable bonds is 2. The molecule has 0 radical (unpaired) electrons. The topological polar surface area (TPSA) is 74.6 Å². The molecule has 0 bridgehead atoms. The predicted molar refractivity (Wildman–Crippen MR) is 37.0 cm³/mol. The van der Waals surface area contributed by atoms with E-state index in [-0.39, 0.29) is 51.7 Å². The van der Waals surface area contributed by atoms with Crippen LogP contribution in [-0.2, 0) is 9.59 Å². The quantitative estimate of drug-likeness (QED) is 0.549. The van der Waals surface area contributed by atoms with Gasteiger partial charge in [0, 0.05) is 0 Å². The summed E-state index contributed by atoms with van der Waals surface area (Å²) < 4.78 is 0. The van der Waals surface area contributed by atoms with Crippen LogP contribution in [0, 0.1) is 5.41 Å². The van der Waals surface area contributed by atoms with Crippen molar-refractivity contribution in [3.8, 4) is 0 Å². The van der Waals surface area contributed by atoms with Gasteiger partial charge >= 0.3 is 60.8 Å². The van der Waals surface area contributed by atoms with Gasteiger partial charge in [-0.15, -0.1) is 0 Å². The van der Waals surface area contributed by atoms with Crippen molar-refractivity contribution in [3.63, 3.8) is 0 Å². The summed E-state index contributed by atoms with van der Waals surface area (Å²) in [5.41, 5.74) is -1.67. The van der Waals surface area contributed by atoms with Gasteiger partial charge in [-0.05, 0) is 13.8 Å². The SMILES string of the molecule is CC(C)(C(=O)O)C(=O)O.[Ba+2].[H-].[H-]. The van der Waals surface area contributed by atoms with Crippen molar-refractivity contribution in [3.05, 3.63) is 0 Å². The molecule has 0 aliphatic carbocycles. The molecule has 0 fully saturated rings. The third-order valence-electron chi connectivity index (χ3n) is 1.07. The number of carboxylic acid groups (broad SMARTS) is 2. The summed E-state index contributed by atoms with van der Waals surface area (Å²) >= 11 is 0. The van der Waals surface area contributed by atoms with E-state index in [0.29, 0.717) is 0 Å². The number of carbonyl (C=O) groups is 2. The Labute approximate surface area is 102 Å². The van der Waals surface area contributed by atoms with Gasteiger partial charge in [0.2, 0.25) is 0 Å². The normalized spacial score (nSPS) is 9.80. The van der Waals surface area contributed by atoms with Crippen molar-refractivity contribution >= 4 is 60.8 Å². The molecule has 4 nitrogen and oxygen atoms in total. The molecular weight excluding hydrogens is 261 g/mol. The zero-order chi connectivity index (χ0) is 7.65. The van der Waals surface area contributed by atoms with Crippen molar-refractivity contribution in [1.29, 1.82) is 0 Å². The van der Waals surface area contributed by atoms with Crippen molar-refractivity contribution in [2.75, 3.05) is 0 Å². The molecule has 0 aliphatic rings. The maximum atomic E-state index is 10.1. The van der Waals surface area contributed by atoms with Crippen LogP contribution >= 0.6 is 0 Å². The van der Waals surface area contributed by atoms with Gasteiger partial charge in [0.1, 0.15) is 0 Å². The second-order valence-electron chi connectivity index (χ2n) is 2.24. The smallest absolute Gasteiger partial charge is 1.00 e. The van der Waals surface area contributed by atoms with Crippen LogP contribution in [0.25, 0.3) is 0 Å². The van der Waals surface area contributed by atoms with E-state index in [1.54, 1.807) is 0 Å². The third kappa shape index (κ3) is 3.07. The number of hydrogen-bond donors (Lipinski definition) is 2. The molecule has 0 aromatic rings. The summed E-state index contributed by atoms with van der Waals surface area (Å²) in [6.07, 6.45) is 0. The molecule has 0 spiro atoms. The first-order valence-electron chi connectivity index (χ1n) is 2.36. The fourth-order valence-electron chi connectivity index (χ4n) is 0.0915. The Morgan fingerprint density at radius 3 is 1.40 bits per heavy atom. The summed E-state index contributed by atoms with van der Waals surface area (Å²) in [4.78, 5) is 20.2. The van der Waals surface area contributed by atoms with Gasteiger partial charge in [0.25, 0.3) is 0 Å². The van der Waals surface area contributed by atoms with E-state index in [0.717, 1.165) is 13.8 Å². The van der Waals surface area contributed by atoms with Crippen molar-refractivity contribution in [2.24, 2.45) is 5.41 Å². The molecule has 56 valence electrons. The Kier molecular flexibility index (Phi) is 5.78. The van der Waals surface area contributed by atoms with Crippen LogP contribution in [0.1, 0.15) is 16.7 Å². The summed E-state index contributed by atoms with van der Waals surface area (Å²) in [6, 6.07) is 0. The van der Waals surface area contributed by atoms with E-state index in [1.807, 2.05) is 0 Å². The third-order valence-corrected chi connectivity index (χ3v) is 1.07. The molecule has 2 N–H and O–H groups in total. The molecule has 0 saturated carbocycles. The zero-order valence-electron chi connectivity index (χ0n) is 7.92. The van der Waals surface area contributed by atoms with Crippen LogP contribution < -0.4 is 0 Å². The van der Waals surface area contributed by atoms with Crippen LogP contribution in [0.4, 0.5) is 0 Å². The standard InChI is InChI=1S/C5H8O4.Ba.2H/c1-5(2,3(6)7)4(8)9;;;/h1-2H3,(H,6,7)(H,8,9);;;/q;+2;2*-1. The van der Waals surface area contributed by atoms with E-state index in [4.69, 9.17) is 10.2 Å². The minimum Gasteiger partial charge on any atom is -1.00 e. The van der Waals surface area contributed by atoms with E-state index >= 15 is 0 Å². The van der Waals surface area contributed by atoms with Crippen molar-refractivity contribution < 1.29 is 22.7 Å². The van der Waals surface area contributed by atoms with Gasteiger partial charge in [0.05, 0.1) is 0 Å². The van der Waals surface area contributed by atoms with Gasteiger partial charge in [-0.3, -0.25) is 9.59 Å². The summed E-state index contributed by atoms with van der Waals surface area (Å²) in [6.45, 7) is 2.27. The molecule has 0 unspecified atom stereocenters. The Balaban J connectivity index is -0.000000107. The molecule has 0 aromatic carbocycles.